The first-order valence-corrected chi connectivity index (χ1v) is 7.15. The number of thioether (sulfide) groups is 1. The van der Waals surface area contributed by atoms with Crippen molar-refractivity contribution >= 4 is 11.8 Å². The lowest BCUT2D eigenvalue weighted by atomic mass is 9.92. The highest BCUT2D eigenvalue weighted by atomic mass is 32.2. The van der Waals surface area contributed by atoms with E-state index in [1.165, 1.54) is 37.9 Å². The highest BCUT2D eigenvalue weighted by Crippen LogP contribution is 2.50. The van der Waals surface area contributed by atoms with Crippen molar-refractivity contribution in [1.29, 1.82) is 0 Å². The van der Waals surface area contributed by atoms with Crippen molar-refractivity contribution < 1.29 is 0 Å². The number of hydrogen-bond acceptors (Lipinski definition) is 1. The van der Waals surface area contributed by atoms with Gasteiger partial charge >= 0.3 is 0 Å². The van der Waals surface area contributed by atoms with Gasteiger partial charge in [0, 0.05) is 5.25 Å². The third-order valence-corrected chi connectivity index (χ3v) is 5.51. The van der Waals surface area contributed by atoms with E-state index in [0.29, 0.717) is 0 Å². The molecule has 1 aliphatic carbocycles. The summed E-state index contributed by atoms with van der Waals surface area (Å²) in [5.74, 6) is 3.52. The van der Waals surface area contributed by atoms with E-state index in [4.69, 9.17) is 0 Å². The number of unbranched alkanes of at least 4 members (excludes halogenated alkanes) is 1. The van der Waals surface area contributed by atoms with Gasteiger partial charge < -0.3 is 0 Å². The summed E-state index contributed by atoms with van der Waals surface area (Å²) in [7, 11) is 0. The molecule has 1 heterocycles. The van der Waals surface area contributed by atoms with Gasteiger partial charge in [0.2, 0.25) is 0 Å². The predicted molar refractivity (Wildman–Crippen MR) is 65.7 cm³/mol. The van der Waals surface area contributed by atoms with Gasteiger partial charge in [-0.3, -0.25) is 0 Å². The first-order chi connectivity index (χ1) is 6.85. The summed E-state index contributed by atoms with van der Waals surface area (Å²) in [6.07, 6.45) is 9.47. The summed E-state index contributed by atoms with van der Waals surface area (Å²) in [6, 6.07) is 0. The van der Waals surface area contributed by atoms with E-state index in [0.717, 1.165) is 17.1 Å². The van der Waals surface area contributed by atoms with Gasteiger partial charge in [-0.2, -0.15) is 11.8 Å². The number of hydrogen-bond donors (Lipinski definition) is 0. The molecule has 0 radical (unpaired) electrons. The average molecular weight is 210 g/mol. The van der Waals surface area contributed by atoms with E-state index >= 15 is 0 Å². The quantitative estimate of drug-likeness (QED) is 0.627. The Morgan fingerprint density at radius 2 is 2.29 bits per heavy atom. The third kappa shape index (κ3) is 2.03. The fourth-order valence-corrected chi connectivity index (χ4v) is 4.73. The fourth-order valence-electron chi connectivity index (χ4n) is 2.97. The molecule has 3 atom stereocenters. The van der Waals surface area contributed by atoms with Crippen LogP contribution < -0.4 is 0 Å². The van der Waals surface area contributed by atoms with Crippen LogP contribution in [0, 0.1) is 11.8 Å². The molecule has 80 valence electrons. The summed E-state index contributed by atoms with van der Waals surface area (Å²) in [5.41, 5.74) is 1.74. The zero-order valence-electron chi connectivity index (χ0n) is 9.46. The Morgan fingerprint density at radius 1 is 1.43 bits per heavy atom. The smallest absolute Gasteiger partial charge is 0.00815 e. The number of fused-ring (bicyclic) bond motifs is 1. The van der Waals surface area contributed by atoms with E-state index in [-0.39, 0.29) is 0 Å². The van der Waals surface area contributed by atoms with Crippen molar-refractivity contribution in [3.05, 3.63) is 11.6 Å². The summed E-state index contributed by atoms with van der Waals surface area (Å²) < 4.78 is 0. The topological polar surface area (TPSA) is 0 Å². The predicted octanol–water partition coefficient (Wildman–Crippen LogP) is 4.26. The van der Waals surface area contributed by atoms with Crippen LogP contribution in [-0.4, -0.2) is 11.0 Å². The number of rotatable bonds is 3. The van der Waals surface area contributed by atoms with Crippen LogP contribution in [0.5, 0.6) is 0 Å². The van der Waals surface area contributed by atoms with Gasteiger partial charge in [0.1, 0.15) is 0 Å². The third-order valence-electron chi connectivity index (χ3n) is 3.88. The molecule has 2 fully saturated rings. The summed E-state index contributed by atoms with van der Waals surface area (Å²) in [4.78, 5) is 0. The highest BCUT2D eigenvalue weighted by Gasteiger charge is 2.40. The molecule has 14 heavy (non-hydrogen) atoms. The molecule has 2 rings (SSSR count). The molecule has 3 unspecified atom stereocenters. The molecule has 0 spiro atoms. The van der Waals surface area contributed by atoms with Crippen LogP contribution in [0.1, 0.15) is 46.0 Å². The van der Waals surface area contributed by atoms with Crippen molar-refractivity contribution in [2.45, 2.75) is 51.2 Å². The lowest BCUT2D eigenvalue weighted by molar-refractivity contribution is 0.418. The minimum Gasteiger partial charge on any atom is -0.158 e. The average Bonchev–Trinajstić information content (AvgIpc) is 2.74. The lowest BCUT2D eigenvalue weighted by Gasteiger charge is -2.16. The van der Waals surface area contributed by atoms with Crippen molar-refractivity contribution in [3.63, 3.8) is 0 Å². The van der Waals surface area contributed by atoms with Crippen LogP contribution in [0.4, 0.5) is 0 Å². The Labute approximate surface area is 92.5 Å². The molecule has 1 aliphatic heterocycles. The fraction of sp³-hybridized carbons (Fsp3) is 0.846. The second kappa shape index (κ2) is 4.74. The van der Waals surface area contributed by atoms with E-state index in [9.17, 15) is 0 Å². The van der Waals surface area contributed by atoms with Gasteiger partial charge in [0.25, 0.3) is 0 Å². The lowest BCUT2D eigenvalue weighted by Crippen LogP contribution is -2.13. The zero-order chi connectivity index (χ0) is 9.97. The minimum atomic E-state index is 0.998. The summed E-state index contributed by atoms with van der Waals surface area (Å²) in [6.45, 7) is 4.52. The molecule has 0 N–H and O–H groups in total. The van der Waals surface area contributed by atoms with Gasteiger partial charge in [-0.1, -0.05) is 31.4 Å². The van der Waals surface area contributed by atoms with E-state index in [1.54, 1.807) is 5.57 Å². The molecular weight excluding hydrogens is 188 g/mol. The monoisotopic (exact) mass is 210 g/mol. The molecule has 1 heteroatoms. The normalized spacial score (nSPS) is 39.3. The van der Waals surface area contributed by atoms with Crippen LogP contribution in [0.15, 0.2) is 11.6 Å². The van der Waals surface area contributed by atoms with Crippen LogP contribution in [0.3, 0.4) is 0 Å². The Morgan fingerprint density at radius 3 is 3.00 bits per heavy atom. The molecule has 1 saturated carbocycles. The van der Waals surface area contributed by atoms with Gasteiger partial charge in [-0.05, 0) is 43.8 Å². The molecule has 0 nitrogen and oxygen atoms in total. The van der Waals surface area contributed by atoms with Crippen molar-refractivity contribution in [2.24, 2.45) is 11.8 Å². The SMILES string of the molecule is C/C=C1/CC2CSC(CCCC)C2C1. The molecular formula is C13H22S. The molecule has 2 aliphatic rings. The number of allylic oxidation sites excluding steroid dienone is 2. The molecule has 0 aromatic carbocycles. The second-order valence-electron chi connectivity index (χ2n) is 4.79. The molecule has 0 aromatic rings. The van der Waals surface area contributed by atoms with E-state index < -0.39 is 0 Å². The standard InChI is InChI=1S/C13H22S/c1-3-5-6-13-12-8-10(4-2)7-11(12)9-14-13/h4,11-13H,3,5-9H2,1-2H3/b10-4-. The Balaban J connectivity index is 1.91. The Bertz CT molecular complexity index is 219. The van der Waals surface area contributed by atoms with Crippen LogP contribution in [-0.2, 0) is 0 Å². The molecule has 1 saturated heterocycles. The zero-order valence-corrected chi connectivity index (χ0v) is 10.3. The van der Waals surface area contributed by atoms with Gasteiger partial charge in [0.05, 0.1) is 0 Å². The summed E-state index contributed by atoms with van der Waals surface area (Å²) >= 11 is 2.26. The molecule has 0 bridgehead atoms. The Hall–Kier alpha value is 0.0900. The van der Waals surface area contributed by atoms with E-state index in [1.807, 2.05) is 0 Å². The first-order valence-electron chi connectivity index (χ1n) is 6.10. The van der Waals surface area contributed by atoms with Crippen LogP contribution in [0.25, 0.3) is 0 Å². The van der Waals surface area contributed by atoms with Gasteiger partial charge in [0.15, 0.2) is 0 Å². The first kappa shape index (κ1) is 10.6. The minimum absolute atomic E-state index is 0.998. The van der Waals surface area contributed by atoms with Crippen molar-refractivity contribution in [1.82, 2.24) is 0 Å². The maximum absolute atomic E-state index is 2.36. The molecule has 0 aromatic heterocycles. The highest BCUT2D eigenvalue weighted by molar-refractivity contribution is 8.00. The largest absolute Gasteiger partial charge is 0.158 e. The maximum atomic E-state index is 2.36. The van der Waals surface area contributed by atoms with Crippen LogP contribution in [0.2, 0.25) is 0 Å². The van der Waals surface area contributed by atoms with E-state index in [2.05, 4.69) is 31.7 Å². The van der Waals surface area contributed by atoms with Crippen molar-refractivity contribution in [2.75, 3.05) is 5.75 Å². The van der Waals surface area contributed by atoms with Crippen LogP contribution >= 0.6 is 11.8 Å². The Kier molecular flexibility index (Phi) is 3.59. The molecule has 0 amide bonds. The van der Waals surface area contributed by atoms with Gasteiger partial charge in [-0.25, -0.2) is 0 Å². The van der Waals surface area contributed by atoms with Crippen molar-refractivity contribution in [3.8, 4) is 0 Å². The maximum Gasteiger partial charge on any atom is 0.00815 e. The summed E-state index contributed by atoms with van der Waals surface area (Å²) in [5, 5.41) is 0.998. The second-order valence-corrected chi connectivity index (χ2v) is 6.07. The van der Waals surface area contributed by atoms with Gasteiger partial charge in [-0.15, -0.1) is 0 Å².